The van der Waals surface area contributed by atoms with E-state index in [0.29, 0.717) is 19.1 Å². The average Bonchev–Trinajstić information content (AvgIpc) is 1.99. The summed E-state index contributed by atoms with van der Waals surface area (Å²) in [5, 5.41) is 0. The predicted octanol–water partition coefficient (Wildman–Crippen LogP) is 0.481. The van der Waals surface area contributed by atoms with Crippen molar-refractivity contribution in [3.63, 3.8) is 0 Å². The van der Waals surface area contributed by atoms with Gasteiger partial charge in [0, 0.05) is 33.2 Å². The highest BCUT2D eigenvalue weighted by Crippen LogP contribution is 2.24. The molecule has 4 heteroatoms. The lowest BCUT2D eigenvalue weighted by atomic mass is 9.91. The fraction of sp³-hybridized carbons (Fsp3) is 0.889. The fourth-order valence-electron chi connectivity index (χ4n) is 1.53. The molecule has 2 amide bonds. The number of carbonyl (C=O) groups excluding carboxylic acids is 1. The number of nitrogens with two attached hydrogens (primary N) is 1. The maximum Gasteiger partial charge on any atom is 0.319 e. The molecule has 1 aliphatic carbocycles. The third-order valence-corrected chi connectivity index (χ3v) is 2.51. The van der Waals surface area contributed by atoms with Crippen molar-refractivity contribution in [1.82, 2.24) is 9.80 Å². The molecule has 0 aromatic rings. The molecule has 0 radical (unpaired) electrons. The highest BCUT2D eigenvalue weighted by molar-refractivity contribution is 5.74. The molecular weight excluding hydrogens is 166 g/mol. The molecule has 0 saturated heterocycles. The fourth-order valence-corrected chi connectivity index (χ4v) is 1.53. The summed E-state index contributed by atoms with van der Waals surface area (Å²) >= 11 is 0. The van der Waals surface area contributed by atoms with Crippen molar-refractivity contribution in [2.75, 3.05) is 27.2 Å². The predicted molar refractivity (Wildman–Crippen MR) is 52.5 cm³/mol. The van der Waals surface area contributed by atoms with Gasteiger partial charge in [-0.3, -0.25) is 0 Å². The van der Waals surface area contributed by atoms with Gasteiger partial charge in [-0.2, -0.15) is 0 Å². The van der Waals surface area contributed by atoms with Crippen molar-refractivity contribution in [3.8, 4) is 0 Å². The van der Waals surface area contributed by atoms with Gasteiger partial charge < -0.3 is 15.5 Å². The molecule has 0 aromatic heterocycles. The number of hydrogen-bond acceptors (Lipinski definition) is 2. The van der Waals surface area contributed by atoms with Gasteiger partial charge in [-0.25, -0.2) is 4.79 Å². The number of rotatable bonds is 3. The molecule has 0 aromatic carbocycles. The zero-order chi connectivity index (χ0) is 9.84. The summed E-state index contributed by atoms with van der Waals surface area (Å²) in [4.78, 5) is 15.2. The molecule has 4 nitrogen and oxygen atoms in total. The Morgan fingerprint density at radius 3 is 2.38 bits per heavy atom. The molecule has 1 saturated carbocycles. The summed E-state index contributed by atoms with van der Waals surface area (Å²) in [7, 11) is 3.56. The van der Waals surface area contributed by atoms with E-state index in [1.807, 2.05) is 4.90 Å². The zero-order valence-electron chi connectivity index (χ0n) is 8.49. The second kappa shape index (κ2) is 4.46. The van der Waals surface area contributed by atoms with E-state index in [-0.39, 0.29) is 6.03 Å². The lowest BCUT2D eigenvalue weighted by molar-refractivity contribution is 0.120. The van der Waals surface area contributed by atoms with Gasteiger partial charge in [-0.05, 0) is 19.3 Å². The standard InChI is InChI=1S/C9H19N3O/c1-11(2)9(13)12(7-6-10)8-4-3-5-8/h8H,3-7,10H2,1-2H3. The minimum absolute atomic E-state index is 0.0927. The van der Waals surface area contributed by atoms with Crippen molar-refractivity contribution in [3.05, 3.63) is 0 Å². The first-order valence-corrected chi connectivity index (χ1v) is 4.84. The highest BCUT2D eigenvalue weighted by Gasteiger charge is 2.28. The van der Waals surface area contributed by atoms with Crippen LogP contribution in [0.15, 0.2) is 0 Å². The van der Waals surface area contributed by atoms with Crippen LogP contribution in [0.3, 0.4) is 0 Å². The van der Waals surface area contributed by atoms with E-state index in [1.54, 1.807) is 19.0 Å². The Hall–Kier alpha value is -0.770. The monoisotopic (exact) mass is 185 g/mol. The average molecular weight is 185 g/mol. The molecule has 1 fully saturated rings. The summed E-state index contributed by atoms with van der Waals surface area (Å²) in [6.45, 7) is 1.23. The van der Waals surface area contributed by atoms with Crippen molar-refractivity contribution in [1.29, 1.82) is 0 Å². The number of carbonyl (C=O) groups is 1. The maximum atomic E-state index is 11.7. The van der Waals surface area contributed by atoms with Crippen LogP contribution < -0.4 is 5.73 Å². The van der Waals surface area contributed by atoms with E-state index >= 15 is 0 Å². The van der Waals surface area contributed by atoms with Crippen LogP contribution in [0.4, 0.5) is 4.79 Å². The molecular formula is C9H19N3O. The van der Waals surface area contributed by atoms with Crippen molar-refractivity contribution < 1.29 is 4.79 Å². The van der Waals surface area contributed by atoms with Crippen LogP contribution in [0.25, 0.3) is 0 Å². The number of amides is 2. The smallest absolute Gasteiger partial charge is 0.319 e. The van der Waals surface area contributed by atoms with E-state index < -0.39 is 0 Å². The molecule has 0 bridgehead atoms. The van der Waals surface area contributed by atoms with Gasteiger partial charge in [0.1, 0.15) is 0 Å². The van der Waals surface area contributed by atoms with Crippen LogP contribution in [-0.4, -0.2) is 49.1 Å². The van der Waals surface area contributed by atoms with Gasteiger partial charge in [-0.1, -0.05) is 0 Å². The first-order chi connectivity index (χ1) is 6.16. The molecule has 76 valence electrons. The summed E-state index contributed by atoms with van der Waals surface area (Å²) in [5.74, 6) is 0. The van der Waals surface area contributed by atoms with E-state index in [4.69, 9.17) is 5.73 Å². The van der Waals surface area contributed by atoms with Crippen LogP contribution in [-0.2, 0) is 0 Å². The summed E-state index contributed by atoms with van der Waals surface area (Å²) in [6.07, 6.45) is 3.52. The van der Waals surface area contributed by atoms with Crippen LogP contribution in [0.5, 0.6) is 0 Å². The lowest BCUT2D eigenvalue weighted by Gasteiger charge is -2.38. The number of nitrogens with zero attached hydrogens (tertiary/aromatic N) is 2. The van der Waals surface area contributed by atoms with Gasteiger partial charge in [0.2, 0.25) is 0 Å². The first-order valence-electron chi connectivity index (χ1n) is 4.84. The zero-order valence-corrected chi connectivity index (χ0v) is 8.49. The molecule has 2 N–H and O–H groups in total. The van der Waals surface area contributed by atoms with E-state index in [9.17, 15) is 4.79 Å². The Balaban J connectivity index is 2.50. The van der Waals surface area contributed by atoms with Crippen molar-refractivity contribution in [2.24, 2.45) is 5.73 Å². The van der Waals surface area contributed by atoms with Gasteiger partial charge in [0.05, 0.1) is 0 Å². The van der Waals surface area contributed by atoms with Gasteiger partial charge in [-0.15, -0.1) is 0 Å². The molecule has 0 aliphatic heterocycles. The van der Waals surface area contributed by atoms with Gasteiger partial charge in [0.25, 0.3) is 0 Å². The van der Waals surface area contributed by atoms with Crippen molar-refractivity contribution in [2.45, 2.75) is 25.3 Å². The second-order valence-electron chi connectivity index (χ2n) is 3.74. The van der Waals surface area contributed by atoms with Crippen LogP contribution >= 0.6 is 0 Å². The minimum atomic E-state index is 0.0927. The Morgan fingerprint density at radius 2 is 2.08 bits per heavy atom. The Labute approximate surface area is 79.7 Å². The van der Waals surface area contributed by atoms with Crippen molar-refractivity contribution >= 4 is 6.03 Å². The Kier molecular flexibility index (Phi) is 3.54. The molecule has 0 heterocycles. The third-order valence-electron chi connectivity index (χ3n) is 2.51. The first kappa shape index (κ1) is 10.3. The van der Waals surface area contributed by atoms with Crippen LogP contribution in [0.1, 0.15) is 19.3 Å². The normalized spacial score (nSPS) is 16.5. The second-order valence-corrected chi connectivity index (χ2v) is 3.74. The van der Waals surface area contributed by atoms with E-state index in [1.165, 1.54) is 6.42 Å². The van der Waals surface area contributed by atoms with Gasteiger partial charge >= 0.3 is 6.03 Å². The van der Waals surface area contributed by atoms with Gasteiger partial charge in [0.15, 0.2) is 0 Å². The third kappa shape index (κ3) is 2.34. The molecule has 0 spiro atoms. The molecule has 0 atom stereocenters. The summed E-state index contributed by atoms with van der Waals surface area (Å²) in [6, 6.07) is 0.536. The topological polar surface area (TPSA) is 49.6 Å². The summed E-state index contributed by atoms with van der Waals surface area (Å²) < 4.78 is 0. The maximum absolute atomic E-state index is 11.7. The lowest BCUT2D eigenvalue weighted by Crippen LogP contribution is -2.50. The number of urea groups is 1. The quantitative estimate of drug-likeness (QED) is 0.695. The van der Waals surface area contributed by atoms with E-state index in [0.717, 1.165) is 12.8 Å². The molecule has 13 heavy (non-hydrogen) atoms. The SMILES string of the molecule is CN(C)C(=O)N(CCN)C1CCC1. The van der Waals surface area contributed by atoms with Crippen LogP contribution in [0.2, 0.25) is 0 Å². The molecule has 1 rings (SSSR count). The minimum Gasteiger partial charge on any atom is -0.331 e. The largest absolute Gasteiger partial charge is 0.331 e. The Morgan fingerprint density at radius 1 is 1.46 bits per heavy atom. The van der Waals surface area contributed by atoms with Crippen LogP contribution in [0, 0.1) is 0 Å². The molecule has 0 unspecified atom stereocenters. The van der Waals surface area contributed by atoms with E-state index in [2.05, 4.69) is 0 Å². The highest BCUT2D eigenvalue weighted by atomic mass is 16.2. The Bertz CT molecular complexity index is 178. The summed E-state index contributed by atoms with van der Waals surface area (Å²) in [5.41, 5.74) is 5.47. The number of hydrogen-bond donors (Lipinski definition) is 1. The molecule has 1 aliphatic rings.